The fourth-order valence-corrected chi connectivity index (χ4v) is 10.6. The zero-order chi connectivity index (χ0) is 31.3. The van der Waals surface area contributed by atoms with Crippen molar-refractivity contribution in [3.05, 3.63) is 23.3 Å². The normalized spacial score (nSPS) is 42.2. The molecule has 0 aliphatic heterocycles. The number of nitriles is 1. The summed E-state index contributed by atoms with van der Waals surface area (Å²) < 4.78 is 4.89. The van der Waals surface area contributed by atoms with Crippen molar-refractivity contribution in [2.45, 2.75) is 106 Å². The van der Waals surface area contributed by atoms with E-state index < -0.39 is 33.7 Å². The van der Waals surface area contributed by atoms with Crippen molar-refractivity contribution < 1.29 is 23.9 Å². The van der Waals surface area contributed by atoms with Gasteiger partial charge in [0.15, 0.2) is 11.6 Å². The minimum absolute atomic E-state index is 0.0104. The Hall–Kier alpha value is -2.75. The van der Waals surface area contributed by atoms with E-state index in [0.29, 0.717) is 19.3 Å². The maximum absolute atomic E-state index is 14.6. The molecule has 0 bridgehead atoms. The largest absolute Gasteiger partial charge is 0.467 e. The highest BCUT2D eigenvalue weighted by atomic mass is 16.5. The van der Waals surface area contributed by atoms with Crippen LogP contribution in [0.1, 0.15) is 100 Å². The summed E-state index contributed by atoms with van der Waals surface area (Å²) in [5.41, 5.74) is -1.54. The van der Waals surface area contributed by atoms with E-state index in [0.717, 1.165) is 31.3 Å². The maximum Gasteiger partial charge on any atom is 0.328 e. The molecule has 228 valence electrons. The van der Waals surface area contributed by atoms with Gasteiger partial charge in [0.2, 0.25) is 5.91 Å². The van der Waals surface area contributed by atoms with Crippen molar-refractivity contribution in [2.24, 2.45) is 50.2 Å². The van der Waals surface area contributed by atoms with Gasteiger partial charge in [-0.15, -0.1) is 0 Å². The average Bonchev–Trinajstić information content (AvgIpc) is 2.91. The molecule has 0 radical (unpaired) electrons. The van der Waals surface area contributed by atoms with Crippen LogP contribution >= 0.6 is 0 Å². The average molecular weight is 577 g/mol. The second-order valence-corrected chi connectivity index (χ2v) is 16.1. The molecule has 0 heterocycles. The highest BCUT2D eigenvalue weighted by molar-refractivity contribution is 6.04. The number of ketones is 2. The number of rotatable bonds is 3. The molecule has 8 atom stereocenters. The lowest BCUT2D eigenvalue weighted by molar-refractivity contribution is -0.179. The van der Waals surface area contributed by atoms with Crippen LogP contribution in [0.4, 0.5) is 0 Å². The topological polar surface area (TPSA) is 113 Å². The molecule has 42 heavy (non-hydrogen) atoms. The number of carbonyl (C=O) groups excluding carboxylic acids is 4. The number of methoxy groups -OCH3 is 1. The van der Waals surface area contributed by atoms with Crippen LogP contribution in [-0.4, -0.2) is 36.6 Å². The summed E-state index contributed by atoms with van der Waals surface area (Å²) in [7, 11) is 1.32. The Morgan fingerprint density at radius 3 is 2.29 bits per heavy atom. The SMILES string of the molecule is COC(=O)C(C)NC(=O)[C@]12CCC(C)(C)C[C@H]1[C@H]1C(=O)C=C3[C@@]4(C)C=C(C#N)C(=O)C(C)(C)[C@@H]4CC[C@@]3(C)[C@]1(C)CC2. The number of fused-ring (bicyclic) bond motifs is 7. The number of nitrogens with one attached hydrogen (secondary N) is 1. The van der Waals surface area contributed by atoms with Crippen LogP contribution in [0.2, 0.25) is 0 Å². The molecule has 7 heteroatoms. The van der Waals surface area contributed by atoms with Gasteiger partial charge in [-0.1, -0.05) is 60.1 Å². The van der Waals surface area contributed by atoms with Crippen LogP contribution in [0.3, 0.4) is 0 Å². The third-order valence-corrected chi connectivity index (χ3v) is 13.2. The van der Waals surface area contributed by atoms with Gasteiger partial charge in [0.05, 0.1) is 18.1 Å². The molecule has 1 unspecified atom stereocenters. The Balaban J connectivity index is 1.64. The molecule has 5 rings (SSSR count). The van der Waals surface area contributed by atoms with E-state index in [4.69, 9.17) is 4.74 Å². The van der Waals surface area contributed by atoms with Gasteiger partial charge in [-0.3, -0.25) is 14.4 Å². The fourth-order valence-electron chi connectivity index (χ4n) is 10.6. The van der Waals surface area contributed by atoms with Gasteiger partial charge in [0.1, 0.15) is 12.1 Å². The fraction of sp³-hybridized carbons (Fsp3) is 0.743. The van der Waals surface area contributed by atoms with Gasteiger partial charge < -0.3 is 10.1 Å². The number of carbonyl (C=O) groups is 4. The first-order valence-electron chi connectivity index (χ1n) is 15.7. The standard InChI is InChI=1S/C35H48N2O5/c1-20(28(40)42-9)37-29(41)35-14-12-30(2,3)18-22(35)26-23(38)16-25-32(6)17-21(19-36)27(39)31(4,5)24(32)10-11-33(25,7)34(26,8)13-15-35/h16-17,20,22,24,26H,10-15,18H2,1-9H3,(H,37,41)/t20?,22-,24-,26-,32-,33+,34+,35-/m0/s1. The van der Waals surface area contributed by atoms with Gasteiger partial charge in [0, 0.05) is 16.7 Å². The minimum Gasteiger partial charge on any atom is -0.467 e. The Kier molecular flexibility index (Phi) is 6.85. The number of nitrogens with zero attached hydrogens (tertiary/aromatic N) is 1. The van der Waals surface area contributed by atoms with Crippen LogP contribution in [0, 0.1) is 61.6 Å². The number of Topliss-reactive ketones (excluding diaryl/α,β-unsaturated/α-hetero) is 1. The number of hydrogen-bond donors (Lipinski definition) is 1. The van der Waals surface area contributed by atoms with Crippen LogP contribution in [0.25, 0.3) is 0 Å². The lowest BCUT2D eigenvalue weighted by Gasteiger charge is -2.69. The molecule has 5 aliphatic carbocycles. The monoisotopic (exact) mass is 576 g/mol. The lowest BCUT2D eigenvalue weighted by Crippen LogP contribution is -2.67. The molecule has 0 saturated heterocycles. The zero-order valence-corrected chi connectivity index (χ0v) is 26.9. The van der Waals surface area contributed by atoms with Crippen molar-refractivity contribution in [1.82, 2.24) is 5.32 Å². The van der Waals surface area contributed by atoms with Crippen molar-refractivity contribution in [3.8, 4) is 6.07 Å². The quantitative estimate of drug-likeness (QED) is 0.420. The zero-order valence-electron chi connectivity index (χ0n) is 26.9. The van der Waals surface area contributed by atoms with Crippen LogP contribution in [0.15, 0.2) is 23.3 Å². The van der Waals surface area contributed by atoms with Crippen LogP contribution in [-0.2, 0) is 23.9 Å². The summed E-state index contributed by atoms with van der Waals surface area (Å²) in [5.74, 6) is -1.17. The van der Waals surface area contributed by atoms with Gasteiger partial charge in [0.25, 0.3) is 0 Å². The van der Waals surface area contributed by atoms with Crippen molar-refractivity contribution >= 4 is 23.4 Å². The molecule has 3 fully saturated rings. The predicted molar refractivity (Wildman–Crippen MR) is 159 cm³/mol. The third kappa shape index (κ3) is 3.88. The van der Waals surface area contributed by atoms with Crippen molar-refractivity contribution in [3.63, 3.8) is 0 Å². The Morgan fingerprint density at radius 1 is 1.02 bits per heavy atom. The molecule has 7 nitrogen and oxygen atoms in total. The Morgan fingerprint density at radius 2 is 1.67 bits per heavy atom. The summed E-state index contributed by atoms with van der Waals surface area (Å²) in [4.78, 5) is 54.3. The summed E-state index contributed by atoms with van der Waals surface area (Å²) in [5, 5.41) is 12.9. The first-order chi connectivity index (χ1) is 19.3. The molecule has 1 N–H and O–H groups in total. The molecule has 5 aliphatic rings. The lowest BCUT2D eigenvalue weighted by atomic mass is 9.34. The molecule has 0 aromatic heterocycles. The van der Waals surface area contributed by atoms with E-state index in [9.17, 15) is 24.4 Å². The Bertz CT molecular complexity index is 1370. The molecule has 1 amide bonds. The minimum atomic E-state index is -0.763. The third-order valence-electron chi connectivity index (χ3n) is 13.2. The van der Waals surface area contributed by atoms with Gasteiger partial charge in [-0.25, -0.2) is 4.79 Å². The first-order valence-corrected chi connectivity index (χ1v) is 15.7. The second kappa shape index (κ2) is 9.37. The van der Waals surface area contributed by atoms with Crippen molar-refractivity contribution in [1.29, 1.82) is 5.26 Å². The first kappa shape index (κ1) is 30.7. The smallest absolute Gasteiger partial charge is 0.328 e. The summed E-state index contributed by atoms with van der Waals surface area (Å²) in [6.07, 6.45) is 9.09. The highest BCUT2D eigenvalue weighted by Gasteiger charge is 2.70. The molecule has 0 spiro atoms. The second-order valence-electron chi connectivity index (χ2n) is 16.1. The summed E-state index contributed by atoms with van der Waals surface area (Å²) in [6, 6.07) is 1.40. The van der Waals surface area contributed by atoms with E-state index in [1.165, 1.54) is 7.11 Å². The number of hydrogen-bond acceptors (Lipinski definition) is 6. The van der Waals surface area contributed by atoms with Crippen LogP contribution in [0.5, 0.6) is 0 Å². The number of amides is 1. The number of esters is 1. The summed E-state index contributed by atoms with van der Waals surface area (Å²) in [6.45, 7) is 16.7. The van der Waals surface area contributed by atoms with E-state index in [1.54, 1.807) is 6.92 Å². The number of allylic oxidation sites excluding steroid dienone is 4. The van der Waals surface area contributed by atoms with E-state index in [-0.39, 0.29) is 51.6 Å². The molecular weight excluding hydrogens is 528 g/mol. The maximum atomic E-state index is 14.6. The molecule has 3 saturated carbocycles. The highest BCUT2D eigenvalue weighted by Crippen LogP contribution is 2.74. The molecular formula is C35H48N2O5. The predicted octanol–water partition coefficient (Wildman–Crippen LogP) is 5.88. The van der Waals surface area contributed by atoms with Gasteiger partial charge in [-0.05, 0) is 86.0 Å². The van der Waals surface area contributed by atoms with E-state index in [1.807, 2.05) is 26.0 Å². The van der Waals surface area contributed by atoms with Gasteiger partial charge in [-0.2, -0.15) is 5.26 Å². The van der Waals surface area contributed by atoms with Crippen molar-refractivity contribution in [2.75, 3.05) is 7.11 Å². The van der Waals surface area contributed by atoms with Crippen LogP contribution < -0.4 is 5.32 Å². The number of ether oxygens (including phenoxy) is 1. The Labute approximate surface area is 250 Å². The molecule has 0 aromatic carbocycles. The van der Waals surface area contributed by atoms with Gasteiger partial charge >= 0.3 is 5.97 Å². The van der Waals surface area contributed by atoms with E-state index >= 15 is 0 Å². The summed E-state index contributed by atoms with van der Waals surface area (Å²) >= 11 is 0. The molecule has 0 aromatic rings. The van der Waals surface area contributed by atoms with E-state index in [2.05, 4.69) is 46.0 Å².